The molecular formula is C13H20Br2N2. The third kappa shape index (κ3) is 2.95. The first-order valence-corrected chi connectivity index (χ1v) is 8.54. The van der Waals surface area contributed by atoms with Crippen LogP contribution in [0.15, 0.2) is 12.4 Å². The van der Waals surface area contributed by atoms with Gasteiger partial charge >= 0.3 is 0 Å². The van der Waals surface area contributed by atoms with E-state index >= 15 is 0 Å². The highest BCUT2D eigenvalue weighted by Gasteiger charge is 2.38. The predicted octanol–water partition coefficient (Wildman–Crippen LogP) is 3.93. The lowest BCUT2D eigenvalue weighted by molar-refractivity contribution is 0.233. The third-order valence-electron chi connectivity index (χ3n) is 4.07. The molecule has 0 unspecified atom stereocenters. The summed E-state index contributed by atoms with van der Waals surface area (Å²) in [5.41, 5.74) is 1.72. The number of nitrogens with zero attached hydrogens (tertiary/aromatic N) is 2. The van der Waals surface area contributed by atoms with E-state index in [1.165, 1.54) is 31.2 Å². The van der Waals surface area contributed by atoms with Crippen LogP contribution in [0.3, 0.4) is 0 Å². The van der Waals surface area contributed by atoms with Gasteiger partial charge in [-0.3, -0.25) is 4.68 Å². The maximum absolute atomic E-state index is 4.28. The van der Waals surface area contributed by atoms with Crippen molar-refractivity contribution in [3.8, 4) is 0 Å². The molecule has 0 atom stereocenters. The number of aryl methyl sites for hydroxylation is 1. The Kier molecular flexibility index (Phi) is 4.70. The van der Waals surface area contributed by atoms with Crippen LogP contribution in [0.4, 0.5) is 0 Å². The van der Waals surface area contributed by atoms with E-state index < -0.39 is 0 Å². The number of hydrogen-bond donors (Lipinski definition) is 0. The Balaban J connectivity index is 2.15. The Morgan fingerprint density at radius 3 is 2.47 bits per heavy atom. The fraction of sp³-hybridized carbons (Fsp3) is 0.769. The lowest BCUT2D eigenvalue weighted by Crippen LogP contribution is -2.35. The van der Waals surface area contributed by atoms with Crippen LogP contribution >= 0.6 is 31.9 Å². The first kappa shape index (κ1) is 13.6. The zero-order chi connectivity index (χ0) is 12.3. The largest absolute Gasteiger partial charge is 0.276 e. The van der Waals surface area contributed by atoms with Crippen molar-refractivity contribution < 1.29 is 0 Å². The van der Waals surface area contributed by atoms with Gasteiger partial charge in [-0.25, -0.2) is 0 Å². The van der Waals surface area contributed by atoms with E-state index in [1.54, 1.807) is 0 Å². The van der Waals surface area contributed by atoms with E-state index in [1.807, 2.05) is 17.9 Å². The number of alkyl halides is 2. The van der Waals surface area contributed by atoms with Crippen molar-refractivity contribution in [3.05, 3.63) is 18.0 Å². The molecule has 1 heterocycles. The van der Waals surface area contributed by atoms with Crippen molar-refractivity contribution in [1.82, 2.24) is 9.78 Å². The van der Waals surface area contributed by atoms with Gasteiger partial charge in [0, 0.05) is 23.9 Å². The zero-order valence-electron chi connectivity index (χ0n) is 10.3. The molecule has 4 heteroatoms. The van der Waals surface area contributed by atoms with Gasteiger partial charge in [0.05, 0.1) is 6.20 Å². The third-order valence-corrected chi connectivity index (χ3v) is 6.30. The summed E-state index contributed by atoms with van der Waals surface area (Å²) in [5.74, 6) is 0.849. The van der Waals surface area contributed by atoms with Gasteiger partial charge in [0.15, 0.2) is 0 Å². The van der Waals surface area contributed by atoms with Crippen molar-refractivity contribution in [2.24, 2.45) is 18.4 Å². The second-order valence-corrected chi connectivity index (χ2v) is 6.43. The lowest BCUT2D eigenvalue weighted by atomic mass is 9.74. The molecule has 0 bridgehead atoms. The summed E-state index contributed by atoms with van der Waals surface area (Å²) in [6.07, 6.45) is 10.9. The molecule has 96 valence electrons. The Morgan fingerprint density at radius 1 is 1.35 bits per heavy atom. The molecule has 1 aromatic rings. The van der Waals surface area contributed by atoms with Gasteiger partial charge < -0.3 is 0 Å². The smallest absolute Gasteiger partial charge is 0.0521 e. The van der Waals surface area contributed by atoms with Crippen molar-refractivity contribution in [1.29, 1.82) is 0 Å². The quantitative estimate of drug-likeness (QED) is 0.724. The predicted molar refractivity (Wildman–Crippen MR) is 78.9 cm³/mol. The average molecular weight is 364 g/mol. The fourth-order valence-corrected chi connectivity index (χ4v) is 5.24. The first-order valence-electron chi connectivity index (χ1n) is 6.29. The van der Waals surface area contributed by atoms with E-state index in [9.17, 15) is 0 Å². The van der Waals surface area contributed by atoms with Gasteiger partial charge in [0.1, 0.15) is 0 Å². The Bertz CT molecular complexity index is 352. The summed E-state index contributed by atoms with van der Waals surface area (Å²) >= 11 is 7.50. The van der Waals surface area contributed by atoms with Crippen LogP contribution < -0.4 is 0 Å². The standard InChI is InChI=1S/C13H20Br2N2/c1-17-8-11(7-16-17)6-13(9-14,10-15)12-4-2-3-5-12/h7-8,12H,2-6,9-10H2,1H3. The van der Waals surface area contributed by atoms with Crippen LogP contribution in [0.25, 0.3) is 0 Å². The Labute approximate surface area is 120 Å². The normalized spacial score (nSPS) is 17.8. The second-order valence-electron chi connectivity index (χ2n) is 5.31. The van der Waals surface area contributed by atoms with Crippen molar-refractivity contribution in [2.75, 3.05) is 10.7 Å². The molecule has 2 nitrogen and oxygen atoms in total. The molecule has 1 aliphatic rings. The summed E-state index contributed by atoms with van der Waals surface area (Å²) < 4.78 is 1.90. The fourth-order valence-electron chi connectivity index (χ4n) is 3.00. The maximum atomic E-state index is 4.28. The van der Waals surface area contributed by atoms with Crippen LogP contribution in [0, 0.1) is 11.3 Å². The average Bonchev–Trinajstić information content (AvgIpc) is 2.98. The van der Waals surface area contributed by atoms with Gasteiger partial charge in [-0.15, -0.1) is 0 Å². The van der Waals surface area contributed by atoms with E-state index in [0.29, 0.717) is 5.41 Å². The molecule has 0 saturated heterocycles. The summed E-state index contributed by atoms with van der Waals surface area (Å²) in [6, 6.07) is 0. The summed E-state index contributed by atoms with van der Waals surface area (Å²) in [7, 11) is 1.99. The first-order chi connectivity index (χ1) is 8.20. The SMILES string of the molecule is Cn1cc(CC(CBr)(CBr)C2CCCC2)cn1. The van der Waals surface area contributed by atoms with Gasteiger partial charge in [-0.05, 0) is 36.2 Å². The lowest BCUT2D eigenvalue weighted by Gasteiger charge is -2.36. The van der Waals surface area contributed by atoms with E-state index in [2.05, 4.69) is 43.2 Å². The summed E-state index contributed by atoms with van der Waals surface area (Å²) in [5, 5.41) is 6.43. The Hall–Kier alpha value is 0.170. The minimum Gasteiger partial charge on any atom is -0.276 e. The number of aromatic nitrogens is 2. The van der Waals surface area contributed by atoms with Crippen LogP contribution in [-0.2, 0) is 13.5 Å². The van der Waals surface area contributed by atoms with Crippen LogP contribution in [0.2, 0.25) is 0 Å². The highest BCUT2D eigenvalue weighted by atomic mass is 79.9. The molecule has 0 aliphatic heterocycles. The highest BCUT2D eigenvalue weighted by Crippen LogP contribution is 2.44. The monoisotopic (exact) mass is 362 g/mol. The molecule has 0 spiro atoms. The highest BCUT2D eigenvalue weighted by molar-refractivity contribution is 9.09. The minimum atomic E-state index is 0.361. The molecule has 0 aromatic carbocycles. The van der Waals surface area contributed by atoms with Gasteiger partial charge in [-0.1, -0.05) is 44.7 Å². The van der Waals surface area contributed by atoms with Crippen molar-refractivity contribution >= 4 is 31.9 Å². The van der Waals surface area contributed by atoms with Gasteiger partial charge in [-0.2, -0.15) is 5.10 Å². The molecule has 17 heavy (non-hydrogen) atoms. The summed E-state index contributed by atoms with van der Waals surface area (Å²) in [6.45, 7) is 0. The van der Waals surface area contributed by atoms with Crippen molar-refractivity contribution in [3.63, 3.8) is 0 Å². The second kappa shape index (κ2) is 5.87. The summed E-state index contributed by atoms with van der Waals surface area (Å²) in [4.78, 5) is 0. The van der Waals surface area contributed by atoms with E-state index in [4.69, 9.17) is 0 Å². The topological polar surface area (TPSA) is 17.8 Å². The molecule has 1 aromatic heterocycles. The molecule has 0 amide bonds. The maximum Gasteiger partial charge on any atom is 0.0521 e. The van der Waals surface area contributed by atoms with Crippen molar-refractivity contribution in [2.45, 2.75) is 32.1 Å². The minimum absolute atomic E-state index is 0.361. The van der Waals surface area contributed by atoms with Crippen LogP contribution in [0.5, 0.6) is 0 Å². The molecule has 1 aliphatic carbocycles. The van der Waals surface area contributed by atoms with Gasteiger partial charge in [0.2, 0.25) is 0 Å². The zero-order valence-corrected chi connectivity index (χ0v) is 13.5. The number of halogens is 2. The van der Waals surface area contributed by atoms with Gasteiger partial charge in [0.25, 0.3) is 0 Å². The molecular weight excluding hydrogens is 344 g/mol. The molecule has 0 N–H and O–H groups in total. The Morgan fingerprint density at radius 2 is 2.00 bits per heavy atom. The van der Waals surface area contributed by atoms with E-state index in [-0.39, 0.29) is 0 Å². The molecule has 1 saturated carbocycles. The van der Waals surface area contributed by atoms with Crippen LogP contribution in [-0.4, -0.2) is 20.4 Å². The number of rotatable bonds is 5. The molecule has 0 radical (unpaired) electrons. The number of hydrogen-bond acceptors (Lipinski definition) is 1. The van der Waals surface area contributed by atoms with Crippen LogP contribution in [0.1, 0.15) is 31.2 Å². The molecule has 2 rings (SSSR count). The van der Waals surface area contributed by atoms with E-state index in [0.717, 1.165) is 23.0 Å². The molecule has 1 fully saturated rings.